The van der Waals surface area contributed by atoms with Gasteiger partial charge in [0.15, 0.2) is 0 Å². The zero-order valence-corrected chi connectivity index (χ0v) is 10.5. The summed E-state index contributed by atoms with van der Waals surface area (Å²) in [4.78, 5) is 13.5. The Bertz CT molecular complexity index is 596. The molecule has 1 fully saturated rings. The van der Waals surface area contributed by atoms with E-state index in [1.54, 1.807) is 4.90 Å². The molecule has 0 radical (unpaired) electrons. The standard InChI is InChI=1S/C13H15N3O3/c17-8-9-6-12(18)16(7-9)5-4-10-2-1-3-11-13(10)15-19-14-11/h1-3,9,17H,4-8H2. The van der Waals surface area contributed by atoms with E-state index in [9.17, 15) is 4.79 Å². The van der Waals surface area contributed by atoms with Crippen molar-refractivity contribution in [2.75, 3.05) is 19.7 Å². The highest BCUT2D eigenvalue weighted by Crippen LogP contribution is 2.19. The second-order valence-corrected chi connectivity index (χ2v) is 4.89. The maximum atomic E-state index is 11.7. The summed E-state index contributed by atoms with van der Waals surface area (Å²) in [6.45, 7) is 1.36. The van der Waals surface area contributed by atoms with Crippen molar-refractivity contribution in [2.24, 2.45) is 5.92 Å². The third kappa shape index (κ3) is 2.31. The number of carbonyl (C=O) groups is 1. The topological polar surface area (TPSA) is 79.5 Å². The lowest BCUT2D eigenvalue weighted by Gasteiger charge is -2.16. The first-order chi connectivity index (χ1) is 9.28. The molecule has 6 heteroatoms. The lowest BCUT2D eigenvalue weighted by Crippen LogP contribution is -2.27. The Hall–Kier alpha value is -1.95. The average Bonchev–Trinajstić information content (AvgIpc) is 3.02. The van der Waals surface area contributed by atoms with Gasteiger partial charge in [0.1, 0.15) is 11.0 Å². The number of fused-ring (bicyclic) bond motifs is 1. The van der Waals surface area contributed by atoms with E-state index in [1.165, 1.54) is 0 Å². The summed E-state index contributed by atoms with van der Waals surface area (Å²) >= 11 is 0. The summed E-state index contributed by atoms with van der Waals surface area (Å²) in [6, 6.07) is 5.72. The molecule has 0 bridgehead atoms. The Morgan fingerprint density at radius 1 is 1.42 bits per heavy atom. The summed E-state index contributed by atoms with van der Waals surface area (Å²) in [5.41, 5.74) is 2.52. The minimum absolute atomic E-state index is 0.0744. The Kier molecular flexibility index (Phi) is 3.16. The molecule has 3 rings (SSSR count). The van der Waals surface area contributed by atoms with Crippen molar-refractivity contribution in [1.82, 2.24) is 15.2 Å². The monoisotopic (exact) mass is 261 g/mol. The van der Waals surface area contributed by atoms with Gasteiger partial charge in [-0.05, 0) is 28.4 Å². The van der Waals surface area contributed by atoms with Gasteiger partial charge in [0, 0.05) is 32.0 Å². The second kappa shape index (κ2) is 4.97. The van der Waals surface area contributed by atoms with Crippen LogP contribution in [0.4, 0.5) is 0 Å². The summed E-state index contributed by atoms with van der Waals surface area (Å²) in [7, 11) is 0. The SMILES string of the molecule is O=C1CC(CO)CN1CCc1cccc2nonc12. The molecule has 1 aromatic heterocycles. The predicted molar refractivity (Wildman–Crippen MR) is 67.3 cm³/mol. The van der Waals surface area contributed by atoms with Crippen LogP contribution in [0.2, 0.25) is 0 Å². The maximum absolute atomic E-state index is 11.7. The normalized spacial score (nSPS) is 19.5. The number of aliphatic hydroxyl groups is 1. The number of hydrogen-bond donors (Lipinski definition) is 1. The molecule has 2 heterocycles. The molecule has 100 valence electrons. The van der Waals surface area contributed by atoms with Crippen LogP contribution < -0.4 is 0 Å². The smallest absolute Gasteiger partial charge is 0.223 e. The molecule has 1 aromatic carbocycles. The number of carbonyl (C=O) groups excluding carboxylic acids is 1. The van der Waals surface area contributed by atoms with Gasteiger partial charge in [-0.15, -0.1) is 0 Å². The van der Waals surface area contributed by atoms with Crippen molar-refractivity contribution in [3.8, 4) is 0 Å². The maximum Gasteiger partial charge on any atom is 0.223 e. The van der Waals surface area contributed by atoms with Gasteiger partial charge >= 0.3 is 0 Å². The van der Waals surface area contributed by atoms with Gasteiger partial charge in [0.25, 0.3) is 0 Å². The van der Waals surface area contributed by atoms with Gasteiger partial charge in [-0.1, -0.05) is 12.1 Å². The van der Waals surface area contributed by atoms with Crippen LogP contribution in [0.1, 0.15) is 12.0 Å². The molecule has 1 amide bonds. The van der Waals surface area contributed by atoms with Gasteiger partial charge in [0.05, 0.1) is 0 Å². The van der Waals surface area contributed by atoms with Crippen molar-refractivity contribution in [2.45, 2.75) is 12.8 Å². The molecule has 6 nitrogen and oxygen atoms in total. The highest BCUT2D eigenvalue weighted by atomic mass is 16.6. The minimum Gasteiger partial charge on any atom is -0.396 e. The molecule has 1 atom stereocenters. The summed E-state index contributed by atoms with van der Waals surface area (Å²) in [6.07, 6.45) is 1.17. The molecule has 0 spiro atoms. The zero-order chi connectivity index (χ0) is 13.2. The highest BCUT2D eigenvalue weighted by molar-refractivity contribution is 5.79. The summed E-state index contributed by atoms with van der Waals surface area (Å²) in [5.74, 6) is 0.196. The van der Waals surface area contributed by atoms with E-state index in [2.05, 4.69) is 10.3 Å². The number of amides is 1. The Balaban J connectivity index is 1.69. The van der Waals surface area contributed by atoms with Crippen LogP contribution in [0.15, 0.2) is 22.8 Å². The molecule has 1 aliphatic heterocycles. The van der Waals surface area contributed by atoms with Crippen LogP contribution in [0.25, 0.3) is 11.0 Å². The number of nitrogens with zero attached hydrogens (tertiary/aromatic N) is 3. The molecule has 1 unspecified atom stereocenters. The minimum atomic E-state index is 0.0744. The number of benzene rings is 1. The van der Waals surface area contributed by atoms with Crippen molar-refractivity contribution in [1.29, 1.82) is 0 Å². The van der Waals surface area contributed by atoms with Crippen LogP contribution in [0.5, 0.6) is 0 Å². The van der Waals surface area contributed by atoms with E-state index in [0.717, 1.165) is 23.0 Å². The van der Waals surface area contributed by atoms with Crippen LogP contribution in [-0.2, 0) is 11.2 Å². The van der Waals surface area contributed by atoms with Crippen LogP contribution in [-0.4, -0.2) is 45.9 Å². The van der Waals surface area contributed by atoms with Crippen LogP contribution in [0.3, 0.4) is 0 Å². The van der Waals surface area contributed by atoms with Gasteiger partial charge in [-0.2, -0.15) is 0 Å². The summed E-state index contributed by atoms with van der Waals surface area (Å²) < 4.78 is 4.72. The van der Waals surface area contributed by atoms with Crippen molar-refractivity contribution < 1.29 is 14.5 Å². The Labute approximate surface area is 110 Å². The lowest BCUT2D eigenvalue weighted by molar-refractivity contribution is -0.127. The molecule has 1 aliphatic rings. The van der Waals surface area contributed by atoms with Gasteiger partial charge in [-0.3, -0.25) is 4.79 Å². The zero-order valence-electron chi connectivity index (χ0n) is 10.5. The van der Waals surface area contributed by atoms with Crippen LogP contribution in [0, 0.1) is 5.92 Å². The fourth-order valence-corrected chi connectivity index (χ4v) is 2.51. The number of likely N-dealkylation sites (tertiary alicyclic amines) is 1. The first kappa shape index (κ1) is 12.1. The number of rotatable bonds is 4. The summed E-state index contributed by atoms with van der Waals surface area (Å²) in [5, 5.41) is 16.8. The molecule has 1 saturated heterocycles. The fourth-order valence-electron chi connectivity index (χ4n) is 2.51. The van der Waals surface area contributed by atoms with Gasteiger partial charge < -0.3 is 10.0 Å². The van der Waals surface area contributed by atoms with E-state index in [1.807, 2.05) is 18.2 Å². The Morgan fingerprint density at radius 3 is 3.11 bits per heavy atom. The fraction of sp³-hybridized carbons (Fsp3) is 0.462. The Morgan fingerprint density at radius 2 is 2.32 bits per heavy atom. The van der Waals surface area contributed by atoms with E-state index in [-0.39, 0.29) is 18.4 Å². The highest BCUT2D eigenvalue weighted by Gasteiger charge is 2.28. The number of hydrogen-bond acceptors (Lipinski definition) is 5. The quantitative estimate of drug-likeness (QED) is 0.872. The van der Waals surface area contributed by atoms with Gasteiger partial charge in [-0.25, -0.2) is 4.63 Å². The first-order valence-corrected chi connectivity index (χ1v) is 6.36. The van der Waals surface area contributed by atoms with E-state index >= 15 is 0 Å². The van der Waals surface area contributed by atoms with E-state index in [0.29, 0.717) is 19.5 Å². The first-order valence-electron chi connectivity index (χ1n) is 6.36. The number of aliphatic hydroxyl groups excluding tert-OH is 1. The molecular weight excluding hydrogens is 246 g/mol. The van der Waals surface area contributed by atoms with Crippen LogP contribution >= 0.6 is 0 Å². The number of aromatic nitrogens is 2. The molecule has 2 aromatic rings. The third-order valence-corrected chi connectivity index (χ3v) is 3.57. The van der Waals surface area contributed by atoms with Gasteiger partial charge in [0.2, 0.25) is 5.91 Å². The molecule has 1 N–H and O–H groups in total. The average molecular weight is 261 g/mol. The second-order valence-electron chi connectivity index (χ2n) is 4.89. The lowest BCUT2D eigenvalue weighted by atomic mass is 10.1. The molecule has 0 aliphatic carbocycles. The van der Waals surface area contributed by atoms with Crippen molar-refractivity contribution >= 4 is 16.9 Å². The third-order valence-electron chi connectivity index (χ3n) is 3.57. The van der Waals surface area contributed by atoms with Crippen molar-refractivity contribution in [3.05, 3.63) is 23.8 Å². The van der Waals surface area contributed by atoms with Crippen molar-refractivity contribution in [3.63, 3.8) is 0 Å². The molecular formula is C13H15N3O3. The van der Waals surface area contributed by atoms with E-state index in [4.69, 9.17) is 9.74 Å². The molecule has 0 saturated carbocycles. The van der Waals surface area contributed by atoms with E-state index < -0.39 is 0 Å². The molecule has 19 heavy (non-hydrogen) atoms. The predicted octanol–water partition coefficient (Wildman–Crippen LogP) is 0.606. The largest absolute Gasteiger partial charge is 0.396 e.